The molecule has 2 aromatic heterocycles. The molecule has 2 N–H and O–H groups in total. The van der Waals surface area contributed by atoms with Gasteiger partial charge in [0.2, 0.25) is 0 Å². The topological polar surface area (TPSA) is 98.3 Å². The molecule has 1 aromatic carbocycles. The van der Waals surface area contributed by atoms with Crippen molar-refractivity contribution in [1.82, 2.24) is 14.8 Å². The van der Waals surface area contributed by atoms with Crippen LogP contribution in [0.4, 0.5) is 0 Å². The maximum absolute atomic E-state index is 13.0. The number of rotatable bonds is 4. The van der Waals surface area contributed by atoms with Crippen molar-refractivity contribution in [3.05, 3.63) is 64.2 Å². The van der Waals surface area contributed by atoms with E-state index in [1.807, 2.05) is 13.0 Å². The van der Waals surface area contributed by atoms with Gasteiger partial charge in [-0.1, -0.05) is 35.7 Å². The van der Waals surface area contributed by atoms with E-state index >= 15 is 0 Å². The fraction of sp³-hybridized carbons (Fsp3) is 0.286. The van der Waals surface area contributed by atoms with Crippen molar-refractivity contribution in [3.8, 4) is 23.0 Å². The Kier molecular flexibility index (Phi) is 4.97. The summed E-state index contributed by atoms with van der Waals surface area (Å²) in [5.41, 5.74) is 2.46. The Labute approximate surface area is 165 Å². The minimum atomic E-state index is -0.547. The molecule has 7 heteroatoms. The first kappa shape index (κ1) is 18.4. The van der Waals surface area contributed by atoms with Crippen molar-refractivity contribution in [2.24, 2.45) is 0 Å². The summed E-state index contributed by atoms with van der Waals surface area (Å²) >= 11 is 0. The Balaban J connectivity index is 1.65. The SMILES string of the molecule is Cc1[nH]n(-c2ccc(S(=N)C3CCCC3)cn2)c(=O)c1-c1ccc(C#N)cc1. The van der Waals surface area contributed by atoms with Gasteiger partial charge in [-0.25, -0.2) is 9.67 Å². The molecule has 0 bridgehead atoms. The minimum Gasteiger partial charge on any atom is -0.293 e. The van der Waals surface area contributed by atoms with E-state index in [9.17, 15) is 4.79 Å². The summed E-state index contributed by atoms with van der Waals surface area (Å²) < 4.78 is 9.93. The zero-order valence-electron chi connectivity index (χ0n) is 15.6. The van der Waals surface area contributed by atoms with E-state index < -0.39 is 10.7 Å². The number of aryl methyl sites for hydroxylation is 1. The van der Waals surface area contributed by atoms with Gasteiger partial charge in [0.1, 0.15) is 0 Å². The van der Waals surface area contributed by atoms with Crippen LogP contribution in [0.3, 0.4) is 0 Å². The average molecular weight is 392 g/mol. The van der Waals surface area contributed by atoms with Crippen LogP contribution in [0.15, 0.2) is 52.3 Å². The maximum Gasteiger partial charge on any atom is 0.280 e. The lowest BCUT2D eigenvalue weighted by atomic mass is 10.1. The molecule has 0 radical (unpaired) electrons. The summed E-state index contributed by atoms with van der Waals surface area (Å²) in [5.74, 6) is 0.514. The molecule has 0 amide bonds. The first-order valence-electron chi connectivity index (χ1n) is 9.31. The summed E-state index contributed by atoms with van der Waals surface area (Å²) in [6.45, 7) is 1.85. The second-order valence-electron chi connectivity index (χ2n) is 7.04. The molecule has 1 atom stereocenters. The van der Waals surface area contributed by atoms with Gasteiger partial charge in [0.25, 0.3) is 5.56 Å². The third-order valence-electron chi connectivity index (χ3n) is 5.21. The van der Waals surface area contributed by atoms with Gasteiger partial charge >= 0.3 is 0 Å². The first-order chi connectivity index (χ1) is 13.6. The van der Waals surface area contributed by atoms with E-state index in [2.05, 4.69) is 16.2 Å². The molecule has 0 aliphatic heterocycles. The molecule has 6 nitrogen and oxygen atoms in total. The lowest BCUT2D eigenvalue weighted by Gasteiger charge is -2.12. The fourth-order valence-electron chi connectivity index (χ4n) is 3.71. The van der Waals surface area contributed by atoms with Crippen LogP contribution in [0.25, 0.3) is 16.9 Å². The van der Waals surface area contributed by atoms with Gasteiger partial charge in [0.15, 0.2) is 5.82 Å². The predicted octanol–water partition coefficient (Wildman–Crippen LogP) is 4.09. The van der Waals surface area contributed by atoms with Gasteiger partial charge in [0.05, 0.1) is 17.2 Å². The zero-order chi connectivity index (χ0) is 19.7. The van der Waals surface area contributed by atoms with Crippen molar-refractivity contribution >= 4 is 10.7 Å². The Morgan fingerprint density at radius 1 is 1.21 bits per heavy atom. The van der Waals surface area contributed by atoms with Gasteiger partial charge in [-0.05, 0) is 49.6 Å². The Bertz CT molecular complexity index is 1110. The molecule has 0 saturated heterocycles. The number of aromatic amines is 1. The van der Waals surface area contributed by atoms with Crippen molar-refractivity contribution in [1.29, 1.82) is 10.0 Å². The van der Waals surface area contributed by atoms with E-state index in [0.717, 1.165) is 29.0 Å². The van der Waals surface area contributed by atoms with E-state index in [-0.39, 0.29) is 5.56 Å². The predicted molar refractivity (Wildman–Crippen MR) is 110 cm³/mol. The number of nitriles is 1. The van der Waals surface area contributed by atoms with Crippen LogP contribution in [0.1, 0.15) is 36.9 Å². The molecule has 1 unspecified atom stereocenters. The molecular weight excluding hydrogens is 370 g/mol. The molecule has 28 heavy (non-hydrogen) atoms. The highest BCUT2D eigenvalue weighted by Gasteiger charge is 2.20. The van der Waals surface area contributed by atoms with Crippen LogP contribution in [0.2, 0.25) is 0 Å². The Hall–Kier alpha value is -2.98. The fourth-order valence-corrected chi connectivity index (χ4v) is 5.28. The Morgan fingerprint density at radius 3 is 2.54 bits per heavy atom. The smallest absolute Gasteiger partial charge is 0.280 e. The summed E-state index contributed by atoms with van der Waals surface area (Å²) in [6, 6.07) is 12.8. The van der Waals surface area contributed by atoms with Crippen LogP contribution in [-0.4, -0.2) is 20.0 Å². The highest BCUT2D eigenvalue weighted by molar-refractivity contribution is 7.86. The van der Waals surface area contributed by atoms with Crippen LogP contribution in [-0.2, 0) is 10.7 Å². The molecule has 1 aliphatic carbocycles. The van der Waals surface area contributed by atoms with E-state index in [1.54, 1.807) is 36.5 Å². The first-order valence-corrected chi connectivity index (χ1v) is 10.6. The van der Waals surface area contributed by atoms with E-state index in [1.165, 1.54) is 17.5 Å². The van der Waals surface area contributed by atoms with Gasteiger partial charge in [-0.15, -0.1) is 0 Å². The second kappa shape index (κ2) is 7.56. The van der Waals surface area contributed by atoms with Gasteiger partial charge in [-0.2, -0.15) is 5.26 Å². The van der Waals surface area contributed by atoms with Crippen molar-refractivity contribution < 1.29 is 0 Å². The molecular formula is C21H21N5OS. The van der Waals surface area contributed by atoms with Crippen LogP contribution in [0, 0.1) is 23.0 Å². The van der Waals surface area contributed by atoms with Crippen molar-refractivity contribution in [2.75, 3.05) is 0 Å². The standard InChI is InChI=1S/C21H21N5OS/c1-14-20(16-8-6-15(12-22)7-9-16)21(27)26(25-14)19-11-10-18(13-24-19)28(23)17-4-2-3-5-17/h6-11,13,17,23,25H,2-5H2,1H3. The number of aromatic nitrogens is 3. The van der Waals surface area contributed by atoms with Crippen molar-refractivity contribution in [3.63, 3.8) is 0 Å². The average Bonchev–Trinajstić information content (AvgIpc) is 3.36. The summed E-state index contributed by atoms with van der Waals surface area (Å²) in [6.07, 6.45) is 6.41. The molecule has 3 aromatic rings. The maximum atomic E-state index is 13.0. The van der Waals surface area contributed by atoms with Gasteiger partial charge in [-0.3, -0.25) is 14.7 Å². The number of benzene rings is 1. The lowest BCUT2D eigenvalue weighted by Crippen LogP contribution is -2.17. The van der Waals surface area contributed by atoms with Crippen LogP contribution < -0.4 is 5.56 Å². The number of hydrogen-bond acceptors (Lipinski definition) is 4. The zero-order valence-corrected chi connectivity index (χ0v) is 16.4. The lowest BCUT2D eigenvalue weighted by molar-refractivity contribution is 0.803. The molecule has 142 valence electrons. The summed E-state index contributed by atoms with van der Waals surface area (Å²) in [4.78, 5) is 18.3. The monoisotopic (exact) mass is 391 g/mol. The highest BCUT2D eigenvalue weighted by Crippen LogP contribution is 2.27. The highest BCUT2D eigenvalue weighted by atomic mass is 32.2. The van der Waals surface area contributed by atoms with Gasteiger partial charge in [0, 0.05) is 22.0 Å². The Morgan fingerprint density at radius 2 is 1.93 bits per heavy atom. The largest absolute Gasteiger partial charge is 0.293 e. The van der Waals surface area contributed by atoms with Gasteiger partial charge < -0.3 is 0 Å². The number of nitrogens with zero attached hydrogens (tertiary/aromatic N) is 3. The summed E-state index contributed by atoms with van der Waals surface area (Å²) in [5, 5.41) is 12.5. The van der Waals surface area contributed by atoms with Crippen LogP contribution >= 0.6 is 0 Å². The normalized spacial score (nSPS) is 15.4. The molecule has 1 aliphatic rings. The van der Waals surface area contributed by atoms with Crippen molar-refractivity contribution in [2.45, 2.75) is 42.8 Å². The quantitative estimate of drug-likeness (QED) is 0.701. The number of hydrogen-bond donors (Lipinski definition) is 2. The minimum absolute atomic E-state index is 0.178. The number of H-pyrrole nitrogens is 1. The third-order valence-corrected chi connectivity index (χ3v) is 7.10. The van der Waals surface area contributed by atoms with E-state index in [0.29, 0.717) is 22.2 Å². The molecule has 0 spiro atoms. The molecule has 2 heterocycles. The molecule has 1 saturated carbocycles. The summed E-state index contributed by atoms with van der Waals surface area (Å²) in [7, 11) is -0.547. The second-order valence-corrected chi connectivity index (χ2v) is 8.85. The van der Waals surface area contributed by atoms with Crippen LogP contribution in [0.5, 0.6) is 0 Å². The molecule has 1 fully saturated rings. The number of pyridine rings is 1. The van der Waals surface area contributed by atoms with E-state index in [4.69, 9.17) is 10.0 Å². The third kappa shape index (κ3) is 3.32. The molecule has 4 rings (SSSR count). The number of nitrogens with one attached hydrogen (secondary N) is 2.